The minimum Gasteiger partial charge on any atom is -0.386 e. The molecule has 38 heavy (non-hydrogen) atoms. The van der Waals surface area contributed by atoms with Gasteiger partial charge in [0.2, 0.25) is 0 Å². The number of hydrogen-bond acceptors (Lipinski definition) is 6. The molecule has 0 unspecified atom stereocenters. The molecule has 2 heterocycles. The van der Waals surface area contributed by atoms with Crippen LogP contribution in [0.1, 0.15) is 32.0 Å². The van der Waals surface area contributed by atoms with Crippen molar-refractivity contribution in [3.05, 3.63) is 117 Å². The van der Waals surface area contributed by atoms with Gasteiger partial charge in [-0.05, 0) is 66.9 Å². The lowest BCUT2D eigenvalue weighted by Gasteiger charge is -2.16. The Labute approximate surface area is 225 Å². The number of carbonyl (C=O) groups excluding carboxylic acids is 2. The van der Waals surface area contributed by atoms with E-state index < -0.39 is 11.9 Å². The van der Waals surface area contributed by atoms with Gasteiger partial charge in [-0.3, -0.25) is 14.9 Å². The highest BCUT2D eigenvalue weighted by atomic mass is 35.5. The number of H-pyrrole nitrogens is 1. The van der Waals surface area contributed by atoms with Crippen LogP contribution in [0.2, 0.25) is 5.02 Å². The number of halogens is 1. The number of aliphatic imine (C=N–C) groups is 1. The lowest BCUT2D eigenvalue weighted by Crippen LogP contribution is -2.19. The van der Waals surface area contributed by atoms with Crippen molar-refractivity contribution >= 4 is 58.0 Å². The van der Waals surface area contributed by atoms with Crippen LogP contribution in [0, 0.1) is 6.92 Å². The number of hydrogen-bond donors (Lipinski definition) is 1. The molecule has 0 spiro atoms. The number of para-hydroxylation sites is 1. The van der Waals surface area contributed by atoms with Crippen molar-refractivity contribution in [3.8, 4) is 5.69 Å². The molecule has 0 fully saturated rings. The summed E-state index contributed by atoms with van der Waals surface area (Å²) >= 11 is 7.41. The Hall–Kier alpha value is -4.40. The molecule has 0 aliphatic carbocycles. The van der Waals surface area contributed by atoms with Crippen molar-refractivity contribution in [2.45, 2.75) is 16.7 Å². The molecule has 0 saturated heterocycles. The number of esters is 2. The molecule has 5 aromatic rings. The normalized spacial score (nSPS) is 12.9. The van der Waals surface area contributed by atoms with Crippen LogP contribution < -0.4 is 5.56 Å². The van der Waals surface area contributed by atoms with Crippen LogP contribution in [0.3, 0.4) is 0 Å². The van der Waals surface area contributed by atoms with Crippen molar-refractivity contribution in [2.75, 3.05) is 0 Å². The standard InChI is InChI=1S/C29H18ClN3O4S/c1-16-23(27(34)33(32-16)19-11-9-18(30)10-12-19)15-31-24-7-2-3-8-25(24)38-20-13-17-5-4-6-21-26(17)22(14-20)29(36)37-28(21)35/h2-15,32H,1H3. The zero-order valence-electron chi connectivity index (χ0n) is 19.9. The first kappa shape index (κ1) is 24.0. The third-order valence-corrected chi connectivity index (χ3v) is 7.49. The average molecular weight is 540 g/mol. The van der Waals surface area contributed by atoms with E-state index in [4.69, 9.17) is 16.3 Å². The summed E-state index contributed by atoms with van der Waals surface area (Å²) in [5.41, 5.74) is 2.96. The molecule has 0 bridgehead atoms. The fourth-order valence-electron chi connectivity index (χ4n) is 4.38. The summed E-state index contributed by atoms with van der Waals surface area (Å²) in [6.45, 7) is 1.81. The van der Waals surface area contributed by atoms with Crippen molar-refractivity contribution in [3.63, 3.8) is 0 Å². The van der Waals surface area contributed by atoms with E-state index in [9.17, 15) is 14.4 Å². The molecule has 4 aromatic carbocycles. The van der Waals surface area contributed by atoms with E-state index in [0.717, 1.165) is 15.2 Å². The Balaban J connectivity index is 1.35. The van der Waals surface area contributed by atoms with E-state index in [1.54, 1.807) is 48.7 Å². The van der Waals surface area contributed by atoms with Gasteiger partial charge in [0.15, 0.2) is 0 Å². The first-order valence-electron chi connectivity index (χ1n) is 11.6. The van der Waals surface area contributed by atoms with Crippen molar-refractivity contribution in [1.29, 1.82) is 0 Å². The zero-order chi connectivity index (χ0) is 26.4. The summed E-state index contributed by atoms with van der Waals surface area (Å²) < 4.78 is 6.38. The van der Waals surface area contributed by atoms with E-state index in [1.807, 2.05) is 43.3 Å². The van der Waals surface area contributed by atoms with Crippen LogP contribution in [-0.2, 0) is 4.74 Å². The quantitative estimate of drug-likeness (QED) is 0.156. The Morgan fingerprint density at radius 3 is 2.50 bits per heavy atom. The summed E-state index contributed by atoms with van der Waals surface area (Å²) in [7, 11) is 0. The number of ether oxygens (including phenoxy) is 1. The maximum Gasteiger partial charge on any atom is 0.346 e. The lowest BCUT2D eigenvalue weighted by atomic mass is 9.97. The molecule has 0 amide bonds. The molecular weight excluding hydrogens is 522 g/mol. The van der Waals surface area contributed by atoms with Crippen LogP contribution in [0.15, 0.2) is 98.4 Å². The smallest absolute Gasteiger partial charge is 0.346 e. The van der Waals surface area contributed by atoms with Gasteiger partial charge in [-0.1, -0.05) is 47.6 Å². The molecule has 0 radical (unpaired) electrons. The van der Waals surface area contributed by atoms with Gasteiger partial charge in [-0.15, -0.1) is 0 Å². The molecule has 0 atom stereocenters. The highest BCUT2D eigenvalue weighted by Gasteiger charge is 2.27. The fraction of sp³-hybridized carbons (Fsp3) is 0.0345. The number of aromatic amines is 1. The number of rotatable bonds is 5. The number of nitrogens with one attached hydrogen (secondary N) is 1. The highest BCUT2D eigenvalue weighted by Crippen LogP contribution is 2.39. The van der Waals surface area contributed by atoms with Crippen LogP contribution in [-0.4, -0.2) is 27.9 Å². The maximum atomic E-state index is 13.1. The Morgan fingerprint density at radius 1 is 0.921 bits per heavy atom. The molecular formula is C29H18ClN3O4S. The number of carbonyl (C=O) groups is 2. The van der Waals surface area contributed by atoms with Crippen LogP contribution in [0.4, 0.5) is 5.69 Å². The Kier molecular flexibility index (Phi) is 5.98. The maximum absolute atomic E-state index is 13.1. The second-order valence-electron chi connectivity index (χ2n) is 8.65. The number of nitrogens with zero attached hydrogens (tertiary/aromatic N) is 2. The van der Waals surface area contributed by atoms with E-state index in [-0.39, 0.29) is 5.56 Å². The minimum atomic E-state index is -0.660. The van der Waals surface area contributed by atoms with Gasteiger partial charge in [0.1, 0.15) is 0 Å². The second-order valence-corrected chi connectivity index (χ2v) is 10.2. The summed E-state index contributed by atoms with van der Waals surface area (Å²) in [5, 5.41) is 5.05. The minimum absolute atomic E-state index is 0.226. The molecule has 1 N–H and O–H groups in total. The zero-order valence-corrected chi connectivity index (χ0v) is 21.5. The molecule has 0 saturated carbocycles. The lowest BCUT2D eigenvalue weighted by molar-refractivity contribution is 0.0391. The fourth-order valence-corrected chi connectivity index (χ4v) is 5.49. The molecule has 186 valence electrons. The van der Waals surface area contributed by atoms with Gasteiger partial charge in [0.05, 0.1) is 28.1 Å². The van der Waals surface area contributed by atoms with Crippen molar-refractivity contribution in [2.24, 2.45) is 4.99 Å². The van der Waals surface area contributed by atoms with Gasteiger partial charge >= 0.3 is 11.9 Å². The van der Waals surface area contributed by atoms with Crippen molar-refractivity contribution < 1.29 is 14.3 Å². The molecule has 1 aliphatic heterocycles. The summed E-state index contributed by atoms with van der Waals surface area (Å²) in [6, 6.07) is 23.4. The van der Waals surface area contributed by atoms with Gasteiger partial charge < -0.3 is 4.74 Å². The van der Waals surface area contributed by atoms with Crippen molar-refractivity contribution in [1.82, 2.24) is 9.78 Å². The topological polar surface area (TPSA) is 93.5 Å². The highest BCUT2D eigenvalue weighted by molar-refractivity contribution is 7.99. The number of benzene rings is 4. The largest absolute Gasteiger partial charge is 0.386 e. The molecule has 9 heteroatoms. The summed E-state index contributed by atoms with van der Waals surface area (Å²) in [4.78, 5) is 44.0. The second kappa shape index (κ2) is 9.48. The van der Waals surface area contributed by atoms with Gasteiger partial charge in [-0.2, -0.15) is 0 Å². The van der Waals surface area contributed by atoms with Gasteiger partial charge in [0, 0.05) is 32.1 Å². The van der Waals surface area contributed by atoms with Crippen LogP contribution in [0.5, 0.6) is 0 Å². The predicted octanol–water partition coefficient (Wildman–Crippen LogP) is 6.49. The third-order valence-electron chi connectivity index (χ3n) is 6.20. The monoisotopic (exact) mass is 539 g/mol. The predicted molar refractivity (Wildman–Crippen MR) is 148 cm³/mol. The average Bonchev–Trinajstić information content (AvgIpc) is 3.19. The van der Waals surface area contributed by atoms with Crippen LogP contribution in [0.25, 0.3) is 16.5 Å². The molecule has 6 rings (SSSR count). The molecule has 7 nitrogen and oxygen atoms in total. The van der Waals surface area contributed by atoms with E-state index in [2.05, 4.69) is 10.1 Å². The van der Waals surface area contributed by atoms with E-state index in [1.165, 1.54) is 16.4 Å². The summed E-state index contributed by atoms with van der Waals surface area (Å²) in [5.74, 6) is -1.30. The molecule has 1 aliphatic rings. The van der Waals surface area contributed by atoms with E-state index >= 15 is 0 Å². The third kappa shape index (κ3) is 4.23. The SMILES string of the molecule is Cc1[nH]n(-c2ccc(Cl)cc2)c(=O)c1C=Nc1ccccc1Sc1cc2c3c(cccc3c1)C(=O)OC2=O. The van der Waals surface area contributed by atoms with Gasteiger partial charge in [0.25, 0.3) is 5.56 Å². The first-order chi connectivity index (χ1) is 18.4. The Bertz CT molecular complexity index is 1850. The number of aryl methyl sites for hydroxylation is 1. The van der Waals surface area contributed by atoms with Crippen LogP contribution >= 0.6 is 23.4 Å². The Morgan fingerprint density at radius 2 is 1.68 bits per heavy atom. The first-order valence-corrected chi connectivity index (χ1v) is 12.8. The molecule has 1 aromatic heterocycles. The summed E-state index contributed by atoms with van der Waals surface area (Å²) in [6.07, 6.45) is 1.55. The van der Waals surface area contributed by atoms with Gasteiger partial charge in [-0.25, -0.2) is 14.3 Å². The number of cyclic esters (lactones) is 2. The number of aromatic nitrogens is 2. The van der Waals surface area contributed by atoms with E-state index in [0.29, 0.717) is 44.2 Å².